The minimum Gasteiger partial charge on any atom is -0.396 e. The van der Waals surface area contributed by atoms with Gasteiger partial charge in [-0.25, -0.2) is 4.98 Å². The topological polar surface area (TPSA) is 71.2 Å². The monoisotopic (exact) mass is 232 g/mol. The van der Waals surface area contributed by atoms with Gasteiger partial charge in [-0.1, -0.05) is 0 Å². The zero-order valence-corrected chi connectivity index (χ0v) is 9.60. The third-order valence-corrected chi connectivity index (χ3v) is 3.69. The molecule has 5 nitrogen and oxygen atoms in total. The van der Waals surface area contributed by atoms with Crippen LogP contribution in [0.1, 0.15) is 12.8 Å². The second kappa shape index (κ2) is 3.91. The van der Waals surface area contributed by atoms with E-state index in [-0.39, 0.29) is 17.9 Å². The maximum absolute atomic E-state index is 11.7. The van der Waals surface area contributed by atoms with Gasteiger partial charge in [-0.2, -0.15) is 0 Å². The van der Waals surface area contributed by atoms with Gasteiger partial charge in [0.1, 0.15) is 0 Å². The number of nitrogens with two attached hydrogens (primary N) is 1. The molecule has 2 atom stereocenters. The summed E-state index contributed by atoms with van der Waals surface area (Å²) in [7, 11) is 0. The van der Waals surface area contributed by atoms with E-state index in [0.717, 1.165) is 25.2 Å². The van der Waals surface area contributed by atoms with Gasteiger partial charge in [0.05, 0.1) is 17.6 Å². The number of pyridine rings is 1. The molecular formula is C12H16N4O. The summed E-state index contributed by atoms with van der Waals surface area (Å²) in [6.07, 6.45) is 3.74. The molecule has 5 heteroatoms. The second-order valence-corrected chi connectivity index (χ2v) is 4.67. The van der Waals surface area contributed by atoms with Crippen molar-refractivity contribution in [3.63, 3.8) is 0 Å². The van der Waals surface area contributed by atoms with Crippen molar-refractivity contribution in [1.29, 1.82) is 0 Å². The molecule has 1 amide bonds. The lowest BCUT2D eigenvalue weighted by Gasteiger charge is -2.37. The molecule has 0 saturated carbocycles. The number of nitrogens with one attached hydrogen (secondary N) is 1. The Morgan fingerprint density at radius 3 is 3.24 bits per heavy atom. The van der Waals surface area contributed by atoms with Crippen molar-refractivity contribution in [2.75, 3.05) is 23.7 Å². The summed E-state index contributed by atoms with van der Waals surface area (Å²) in [6.45, 7) is 1.64. The third-order valence-electron chi connectivity index (χ3n) is 3.69. The zero-order chi connectivity index (χ0) is 11.8. The molecule has 90 valence electrons. The summed E-state index contributed by atoms with van der Waals surface area (Å²) < 4.78 is 0. The van der Waals surface area contributed by atoms with Crippen LogP contribution in [-0.4, -0.2) is 30.0 Å². The molecule has 17 heavy (non-hydrogen) atoms. The zero-order valence-electron chi connectivity index (χ0n) is 9.60. The first kappa shape index (κ1) is 10.4. The van der Waals surface area contributed by atoms with Gasteiger partial charge in [-0.3, -0.25) is 4.79 Å². The minimum absolute atomic E-state index is 0.102. The van der Waals surface area contributed by atoms with Crippen molar-refractivity contribution in [1.82, 2.24) is 10.3 Å². The summed E-state index contributed by atoms with van der Waals surface area (Å²) in [4.78, 5) is 18.2. The van der Waals surface area contributed by atoms with E-state index in [9.17, 15) is 4.79 Å². The Labute approximate surface area is 100 Å². The van der Waals surface area contributed by atoms with Crippen LogP contribution in [0.25, 0.3) is 0 Å². The molecule has 0 radical (unpaired) electrons. The normalized spacial score (nSPS) is 27.8. The van der Waals surface area contributed by atoms with Crippen molar-refractivity contribution in [2.24, 2.45) is 5.92 Å². The van der Waals surface area contributed by atoms with Crippen molar-refractivity contribution in [2.45, 2.75) is 18.9 Å². The molecule has 3 heterocycles. The number of hydrogen-bond donors (Lipinski definition) is 2. The van der Waals surface area contributed by atoms with Crippen LogP contribution in [0.5, 0.6) is 0 Å². The number of nitrogens with zero attached hydrogens (tertiary/aromatic N) is 2. The Bertz CT molecular complexity index is 448. The predicted molar refractivity (Wildman–Crippen MR) is 65.5 cm³/mol. The van der Waals surface area contributed by atoms with Gasteiger partial charge in [0.2, 0.25) is 5.91 Å². The van der Waals surface area contributed by atoms with Crippen LogP contribution in [0.3, 0.4) is 0 Å². The van der Waals surface area contributed by atoms with Gasteiger partial charge in [0.15, 0.2) is 5.82 Å². The molecule has 0 aromatic carbocycles. The lowest BCUT2D eigenvalue weighted by Crippen LogP contribution is -2.46. The number of anilines is 2. The van der Waals surface area contributed by atoms with E-state index >= 15 is 0 Å². The third kappa shape index (κ3) is 1.62. The van der Waals surface area contributed by atoms with Gasteiger partial charge < -0.3 is 16.0 Å². The fourth-order valence-corrected chi connectivity index (χ4v) is 2.86. The highest BCUT2D eigenvalue weighted by Crippen LogP contribution is 2.32. The standard InChI is InChI=1S/C12H16N4O/c13-9-4-1-5-14-11(9)16-6-2-3-8-10(16)7-15-12(8)17/h1,4-5,8,10H,2-3,6-7,13H2,(H,15,17). The summed E-state index contributed by atoms with van der Waals surface area (Å²) >= 11 is 0. The van der Waals surface area contributed by atoms with Crippen LogP contribution in [-0.2, 0) is 4.79 Å². The maximum Gasteiger partial charge on any atom is 0.225 e. The fraction of sp³-hybridized carbons (Fsp3) is 0.500. The van der Waals surface area contributed by atoms with E-state index in [1.807, 2.05) is 12.1 Å². The second-order valence-electron chi connectivity index (χ2n) is 4.67. The van der Waals surface area contributed by atoms with E-state index in [1.54, 1.807) is 6.20 Å². The quantitative estimate of drug-likeness (QED) is 0.734. The first-order valence-corrected chi connectivity index (χ1v) is 6.02. The van der Waals surface area contributed by atoms with Gasteiger partial charge in [0.25, 0.3) is 0 Å². The number of piperidine rings is 1. The predicted octanol–water partition coefficient (Wildman–Crippen LogP) is 0.379. The molecule has 2 fully saturated rings. The van der Waals surface area contributed by atoms with Gasteiger partial charge in [-0.05, 0) is 25.0 Å². The van der Waals surface area contributed by atoms with Crippen LogP contribution in [0, 0.1) is 5.92 Å². The molecule has 2 unspecified atom stereocenters. The minimum atomic E-state index is 0.102. The lowest BCUT2D eigenvalue weighted by molar-refractivity contribution is -0.122. The summed E-state index contributed by atoms with van der Waals surface area (Å²) in [5.41, 5.74) is 6.65. The highest BCUT2D eigenvalue weighted by atomic mass is 16.2. The van der Waals surface area contributed by atoms with E-state index in [1.165, 1.54) is 0 Å². The van der Waals surface area contributed by atoms with Crippen LogP contribution in [0.15, 0.2) is 18.3 Å². The molecule has 1 aromatic heterocycles. The van der Waals surface area contributed by atoms with Crippen molar-refractivity contribution in [3.8, 4) is 0 Å². The number of carbonyl (C=O) groups is 1. The number of aromatic nitrogens is 1. The van der Waals surface area contributed by atoms with Crippen molar-refractivity contribution in [3.05, 3.63) is 18.3 Å². The largest absolute Gasteiger partial charge is 0.396 e. The van der Waals surface area contributed by atoms with E-state index in [4.69, 9.17) is 5.73 Å². The molecule has 2 aliphatic heterocycles. The van der Waals surface area contributed by atoms with Crippen LogP contribution < -0.4 is 16.0 Å². The molecular weight excluding hydrogens is 216 g/mol. The SMILES string of the molecule is Nc1cccnc1N1CCCC2C(=O)NCC21. The number of nitrogen functional groups attached to an aromatic ring is 1. The van der Waals surface area contributed by atoms with Crippen molar-refractivity contribution < 1.29 is 4.79 Å². The number of carbonyl (C=O) groups excluding carboxylic acids is 1. The fourth-order valence-electron chi connectivity index (χ4n) is 2.86. The lowest BCUT2D eigenvalue weighted by atomic mass is 9.91. The van der Waals surface area contributed by atoms with E-state index < -0.39 is 0 Å². The molecule has 1 aromatic rings. The molecule has 2 saturated heterocycles. The average Bonchev–Trinajstić information content (AvgIpc) is 2.72. The Hall–Kier alpha value is -1.78. The van der Waals surface area contributed by atoms with E-state index in [0.29, 0.717) is 12.2 Å². The van der Waals surface area contributed by atoms with Crippen LogP contribution in [0.2, 0.25) is 0 Å². The molecule has 2 aliphatic rings. The summed E-state index contributed by atoms with van der Waals surface area (Å²) in [5, 5.41) is 2.93. The highest BCUT2D eigenvalue weighted by molar-refractivity contribution is 5.83. The molecule has 0 spiro atoms. The van der Waals surface area contributed by atoms with E-state index in [2.05, 4.69) is 15.2 Å². The molecule has 0 aliphatic carbocycles. The smallest absolute Gasteiger partial charge is 0.225 e. The Morgan fingerprint density at radius 1 is 1.53 bits per heavy atom. The Morgan fingerprint density at radius 2 is 2.41 bits per heavy atom. The number of rotatable bonds is 1. The number of amides is 1. The first-order valence-electron chi connectivity index (χ1n) is 6.02. The van der Waals surface area contributed by atoms with Gasteiger partial charge >= 0.3 is 0 Å². The number of fused-ring (bicyclic) bond motifs is 1. The van der Waals surface area contributed by atoms with Gasteiger partial charge in [-0.15, -0.1) is 0 Å². The Balaban J connectivity index is 1.93. The van der Waals surface area contributed by atoms with Crippen LogP contribution >= 0.6 is 0 Å². The number of hydrogen-bond acceptors (Lipinski definition) is 4. The molecule has 3 rings (SSSR count). The van der Waals surface area contributed by atoms with Crippen molar-refractivity contribution >= 4 is 17.4 Å². The average molecular weight is 232 g/mol. The molecule has 0 bridgehead atoms. The molecule has 3 N–H and O–H groups in total. The highest BCUT2D eigenvalue weighted by Gasteiger charge is 2.41. The first-order chi connectivity index (χ1) is 8.27. The van der Waals surface area contributed by atoms with Gasteiger partial charge in [0, 0.05) is 19.3 Å². The Kier molecular flexibility index (Phi) is 2.39. The maximum atomic E-state index is 11.7. The summed E-state index contributed by atoms with van der Waals surface area (Å²) in [5.74, 6) is 1.10. The van der Waals surface area contributed by atoms with Crippen LogP contribution in [0.4, 0.5) is 11.5 Å². The summed E-state index contributed by atoms with van der Waals surface area (Å²) in [6, 6.07) is 3.91.